The van der Waals surface area contributed by atoms with Crippen LogP contribution in [0.15, 0.2) is 72.8 Å². The lowest BCUT2D eigenvalue weighted by Crippen LogP contribution is -2.22. The molecule has 8 nitrogen and oxygen atoms in total. The summed E-state index contributed by atoms with van der Waals surface area (Å²) in [6.45, 7) is 1.64. The molecule has 0 aliphatic heterocycles. The lowest BCUT2D eigenvalue weighted by molar-refractivity contribution is -0.393. The first-order valence-electron chi connectivity index (χ1n) is 9.81. The van der Waals surface area contributed by atoms with E-state index in [2.05, 4.69) is 41.0 Å². The average Bonchev–Trinajstić information content (AvgIpc) is 2.78. The fourth-order valence-corrected chi connectivity index (χ4v) is 3.73. The third-order valence-electron chi connectivity index (χ3n) is 5.19. The van der Waals surface area contributed by atoms with Crippen LogP contribution in [-0.2, 0) is 6.54 Å². The van der Waals surface area contributed by atoms with E-state index in [4.69, 9.17) is 0 Å². The molecule has 4 aromatic carbocycles. The van der Waals surface area contributed by atoms with Crippen molar-refractivity contribution in [2.75, 3.05) is 18.4 Å². The van der Waals surface area contributed by atoms with E-state index in [1.807, 2.05) is 24.3 Å². The predicted molar refractivity (Wildman–Crippen MR) is 121 cm³/mol. The van der Waals surface area contributed by atoms with Crippen LogP contribution in [0.1, 0.15) is 5.56 Å². The number of rotatable bonds is 8. The molecule has 0 saturated heterocycles. The zero-order valence-corrected chi connectivity index (χ0v) is 16.6. The van der Waals surface area contributed by atoms with Crippen molar-refractivity contribution in [2.24, 2.45) is 0 Å². The number of non-ortho nitro benzene ring substituents is 1. The lowest BCUT2D eigenvalue weighted by Gasteiger charge is -2.13. The predicted octanol–water partition coefficient (Wildman–Crippen LogP) is 5.01. The lowest BCUT2D eigenvalue weighted by atomic mass is 9.97. The van der Waals surface area contributed by atoms with E-state index in [9.17, 15) is 20.2 Å². The molecule has 0 aromatic heterocycles. The van der Waals surface area contributed by atoms with Crippen LogP contribution in [0.2, 0.25) is 0 Å². The second-order valence-corrected chi connectivity index (χ2v) is 7.12. The Morgan fingerprint density at radius 1 is 0.742 bits per heavy atom. The largest absolute Gasteiger partial charge is 0.378 e. The second-order valence-electron chi connectivity index (χ2n) is 7.12. The van der Waals surface area contributed by atoms with Crippen molar-refractivity contribution in [2.45, 2.75) is 6.54 Å². The van der Waals surface area contributed by atoms with E-state index in [0.29, 0.717) is 19.6 Å². The summed E-state index contributed by atoms with van der Waals surface area (Å²) < 4.78 is 0. The Kier molecular flexibility index (Phi) is 5.72. The van der Waals surface area contributed by atoms with Crippen LogP contribution in [0.4, 0.5) is 17.1 Å². The number of hydrogen-bond donors (Lipinski definition) is 2. The molecule has 0 heterocycles. The van der Waals surface area contributed by atoms with E-state index in [1.54, 1.807) is 0 Å². The van der Waals surface area contributed by atoms with Gasteiger partial charge < -0.3 is 10.6 Å². The smallest absolute Gasteiger partial charge is 0.299 e. The number of nitro groups is 2. The topological polar surface area (TPSA) is 110 Å². The molecule has 4 aromatic rings. The zero-order chi connectivity index (χ0) is 21.8. The number of nitro benzene ring substituents is 2. The number of fused-ring (bicyclic) bond motifs is 2. The minimum Gasteiger partial charge on any atom is -0.378 e. The highest BCUT2D eigenvalue weighted by atomic mass is 16.6. The van der Waals surface area contributed by atoms with Crippen LogP contribution in [0.25, 0.3) is 21.5 Å². The Morgan fingerprint density at radius 2 is 1.39 bits per heavy atom. The molecular weight excluding hydrogens is 396 g/mol. The van der Waals surface area contributed by atoms with E-state index in [1.165, 1.54) is 39.2 Å². The number of anilines is 1. The van der Waals surface area contributed by atoms with Gasteiger partial charge in [-0.3, -0.25) is 20.2 Å². The molecule has 2 N–H and O–H groups in total. The third-order valence-corrected chi connectivity index (χ3v) is 5.19. The fourth-order valence-electron chi connectivity index (χ4n) is 3.73. The minimum absolute atomic E-state index is 0.257. The molecule has 0 radical (unpaired) electrons. The van der Waals surface area contributed by atoms with Crippen molar-refractivity contribution in [1.82, 2.24) is 5.32 Å². The van der Waals surface area contributed by atoms with Crippen molar-refractivity contribution < 1.29 is 9.85 Å². The summed E-state index contributed by atoms with van der Waals surface area (Å²) >= 11 is 0. The monoisotopic (exact) mass is 416 g/mol. The van der Waals surface area contributed by atoms with Gasteiger partial charge in [-0.25, -0.2) is 0 Å². The van der Waals surface area contributed by atoms with Gasteiger partial charge in [0.15, 0.2) is 0 Å². The molecule has 0 spiro atoms. The maximum absolute atomic E-state index is 11.2. The Hall–Kier alpha value is -4.04. The van der Waals surface area contributed by atoms with E-state index in [0.717, 1.165) is 6.07 Å². The van der Waals surface area contributed by atoms with Gasteiger partial charge in [-0.2, -0.15) is 0 Å². The van der Waals surface area contributed by atoms with Gasteiger partial charge in [0.2, 0.25) is 0 Å². The highest BCUT2D eigenvalue weighted by Crippen LogP contribution is 2.29. The van der Waals surface area contributed by atoms with Gasteiger partial charge in [0.05, 0.1) is 15.9 Å². The molecule has 0 unspecified atom stereocenters. The molecule has 0 atom stereocenters. The molecular formula is C23H20N4O4. The molecule has 0 aliphatic rings. The molecule has 156 valence electrons. The van der Waals surface area contributed by atoms with Crippen LogP contribution in [0.3, 0.4) is 0 Å². The van der Waals surface area contributed by atoms with Gasteiger partial charge in [0.25, 0.3) is 11.4 Å². The van der Waals surface area contributed by atoms with E-state index >= 15 is 0 Å². The number of nitrogens with one attached hydrogen (secondary N) is 2. The summed E-state index contributed by atoms with van der Waals surface area (Å²) in [6, 6.07) is 22.3. The first-order valence-corrected chi connectivity index (χ1v) is 9.81. The highest BCUT2D eigenvalue weighted by Gasteiger charge is 2.19. The normalized spacial score (nSPS) is 11.0. The Balaban J connectivity index is 1.46. The summed E-state index contributed by atoms with van der Waals surface area (Å²) in [5.41, 5.74) is 0.843. The van der Waals surface area contributed by atoms with Gasteiger partial charge >= 0.3 is 0 Å². The van der Waals surface area contributed by atoms with Crippen molar-refractivity contribution in [1.29, 1.82) is 0 Å². The van der Waals surface area contributed by atoms with Gasteiger partial charge in [-0.1, -0.05) is 48.5 Å². The minimum atomic E-state index is -0.646. The van der Waals surface area contributed by atoms with Gasteiger partial charge in [0.1, 0.15) is 5.69 Å². The number of benzene rings is 4. The molecule has 0 fully saturated rings. The molecule has 0 saturated carbocycles. The van der Waals surface area contributed by atoms with Crippen molar-refractivity contribution in [3.8, 4) is 0 Å². The first-order chi connectivity index (χ1) is 15.0. The quantitative estimate of drug-likeness (QED) is 0.181. The number of hydrogen-bond acceptors (Lipinski definition) is 6. The van der Waals surface area contributed by atoms with Crippen molar-refractivity contribution >= 4 is 38.6 Å². The molecule has 8 heteroatoms. The first kappa shape index (κ1) is 20.2. The molecule has 0 amide bonds. The van der Waals surface area contributed by atoms with Crippen molar-refractivity contribution in [3.63, 3.8) is 0 Å². The van der Waals surface area contributed by atoms with Gasteiger partial charge in [-0.15, -0.1) is 0 Å². The number of nitrogens with zero attached hydrogens (tertiary/aromatic N) is 2. The average molecular weight is 416 g/mol. The molecule has 0 aliphatic carbocycles. The van der Waals surface area contributed by atoms with Crippen LogP contribution >= 0.6 is 0 Å². The maximum atomic E-state index is 11.2. The highest BCUT2D eigenvalue weighted by molar-refractivity contribution is 6.02. The van der Waals surface area contributed by atoms with Gasteiger partial charge in [0, 0.05) is 25.7 Å². The van der Waals surface area contributed by atoms with Crippen LogP contribution in [0, 0.1) is 20.2 Å². The van der Waals surface area contributed by atoms with Crippen molar-refractivity contribution in [3.05, 3.63) is 98.6 Å². The summed E-state index contributed by atoms with van der Waals surface area (Å²) in [5, 5.41) is 33.2. The Morgan fingerprint density at radius 3 is 2.00 bits per heavy atom. The van der Waals surface area contributed by atoms with Crippen LogP contribution < -0.4 is 10.6 Å². The third kappa shape index (κ3) is 4.29. The van der Waals surface area contributed by atoms with Gasteiger partial charge in [-0.05, 0) is 39.2 Å². The second kappa shape index (κ2) is 8.76. The summed E-state index contributed by atoms with van der Waals surface area (Å²) in [6.07, 6.45) is 0. The Bertz CT molecular complexity index is 1240. The summed E-state index contributed by atoms with van der Waals surface area (Å²) in [7, 11) is 0. The Labute approximate surface area is 177 Å². The molecule has 0 bridgehead atoms. The van der Waals surface area contributed by atoms with Crippen LogP contribution in [0.5, 0.6) is 0 Å². The zero-order valence-electron chi connectivity index (χ0n) is 16.6. The van der Waals surface area contributed by atoms with E-state index in [-0.39, 0.29) is 17.1 Å². The summed E-state index contributed by atoms with van der Waals surface area (Å²) in [4.78, 5) is 20.8. The summed E-state index contributed by atoms with van der Waals surface area (Å²) in [5.74, 6) is 0. The van der Waals surface area contributed by atoms with Crippen LogP contribution in [-0.4, -0.2) is 22.9 Å². The SMILES string of the molecule is O=[N+]([O-])c1ccc(NCCNCc2c3ccccc3cc3ccccc23)c([N+](=O)[O-])c1. The standard InChI is InChI=1S/C23H20N4O4/c28-26(29)18-9-10-22(23(14-18)27(30)31)25-12-11-24-15-21-19-7-3-1-5-16(19)13-17-6-2-4-8-20(17)21/h1-10,13-14,24-25H,11-12,15H2. The molecule has 31 heavy (non-hydrogen) atoms. The fraction of sp³-hybridized carbons (Fsp3) is 0.130. The molecule has 4 rings (SSSR count). The van der Waals surface area contributed by atoms with E-state index < -0.39 is 9.85 Å². The maximum Gasteiger partial charge on any atom is 0.299 e.